The first kappa shape index (κ1) is 15.3. The molecule has 3 nitrogen and oxygen atoms in total. The lowest BCUT2D eigenvalue weighted by Gasteiger charge is -2.39. The van der Waals surface area contributed by atoms with Crippen LogP contribution in [0.3, 0.4) is 0 Å². The van der Waals surface area contributed by atoms with Gasteiger partial charge in [0, 0.05) is 28.3 Å². The number of hydrogen-bond donors (Lipinski definition) is 0. The standard InChI is InChI=1S/C18H20ClNO2/c1-3-15-13-6-4-5-7-14(13)16(21)20(15)12-8-10-18(2,11-9-12)17(19)22/h3-7,12H,8-11H2,1-2H3. The normalized spacial score (nSPS) is 29.8. The van der Waals surface area contributed by atoms with Crippen molar-refractivity contribution < 1.29 is 9.59 Å². The Morgan fingerprint density at radius 3 is 2.41 bits per heavy atom. The van der Waals surface area contributed by atoms with Gasteiger partial charge in [-0.15, -0.1) is 0 Å². The lowest BCUT2D eigenvalue weighted by atomic mass is 9.74. The minimum absolute atomic E-state index is 0.0782. The van der Waals surface area contributed by atoms with Crippen molar-refractivity contribution in [2.45, 2.75) is 45.6 Å². The number of rotatable bonds is 2. The van der Waals surface area contributed by atoms with Crippen molar-refractivity contribution in [3.05, 3.63) is 41.5 Å². The number of allylic oxidation sites excluding steroid dienone is 1. The third-order valence-corrected chi connectivity index (χ3v) is 5.54. The molecule has 1 saturated carbocycles. The number of carbonyl (C=O) groups is 2. The van der Waals surface area contributed by atoms with E-state index in [4.69, 9.17) is 11.6 Å². The predicted octanol–water partition coefficient (Wildman–Crippen LogP) is 4.22. The molecule has 4 heteroatoms. The van der Waals surface area contributed by atoms with E-state index in [2.05, 4.69) is 0 Å². The van der Waals surface area contributed by atoms with Crippen LogP contribution in [0.1, 0.15) is 55.5 Å². The zero-order valence-electron chi connectivity index (χ0n) is 12.9. The second kappa shape index (κ2) is 5.54. The van der Waals surface area contributed by atoms with Crippen LogP contribution in [0, 0.1) is 5.41 Å². The van der Waals surface area contributed by atoms with Crippen molar-refractivity contribution >= 4 is 28.4 Å². The highest BCUT2D eigenvalue weighted by Crippen LogP contribution is 2.43. The largest absolute Gasteiger partial charge is 0.305 e. The van der Waals surface area contributed by atoms with Crippen LogP contribution in [0.4, 0.5) is 0 Å². The van der Waals surface area contributed by atoms with Crippen molar-refractivity contribution in [3.63, 3.8) is 0 Å². The number of amides is 1. The van der Waals surface area contributed by atoms with E-state index in [1.165, 1.54) is 0 Å². The summed E-state index contributed by atoms with van der Waals surface area (Å²) in [7, 11) is 0. The molecule has 1 aliphatic carbocycles. The molecule has 1 aliphatic heterocycles. The van der Waals surface area contributed by atoms with Gasteiger partial charge in [0.25, 0.3) is 5.91 Å². The van der Waals surface area contributed by atoms with Gasteiger partial charge < -0.3 is 4.90 Å². The van der Waals surface area contributed by atoms with Crippen molar-refractivity contribution in [2.75, 3.05) is 0 Å². The van der Waals surface area contributed by atoms with Gasteiger partial charge in [0.2, 0.25) is 5.24 Å². The fourth-order valence-electron chi connectivity index (χ4n) is 3.61. The summed E-state index contributed by atoms with van der Waals surface area (Å²) in [6.45, 7) is 3.89. The number of hydrogen-bond acceptors (Lipinski definition) is 2. The lowest BCUT2D eigenvalue weighted by Crippen LogP contribution is -2.41. The van der Waals surface area contributed by atoms with Crippen LogP contribution >= 0.6 is 11.6 Å². The number of fused-ring (bicyclic) bond motifs is 1. The molecule has 0 radical (unpaired) electrons. The molecule has 0 bridgehead atoms. The topological polar surface area (TPSA) is 37.4 Å². The van der Waals surface area contributed by atoms with E-state index < -0.39 is 5.41 Å². The summed E-state index contributed by atoms with van der Waals surface area (Å²) >= 11 is 5.73. The third kappa shape index (κ3) is 2.28. The number of benzene rings is 1. The van der Waals surface area contributed by atoms with Gasteiger partial charge in [-0.25, -0.2) is 0 Å². The van der Waals surface area contributed by atoms with Crippen molar-refractivity contribution in [3.8, 4) is 0 Å². The molecule has 1 aromatic carbocycles. The maximum Gasteiger partial charge on any atom is 0.259 e. The Morgan fingerprint density at radius 1 is 1.27 bits per heavy atom. The smallest absolute Gasteiger partial charge is 0.259 e. The lowest BCUT2D eigenvalue weighted by molar-refractivity contribution is -0.121. The Labute approximate surface area is 135 Å². The van der Waals surface area contributed by atoms with E-state index in [1.807, 2.05) is 49.1 Å². The fraction of sp³-hybridized carbons (Fsp3) is 0.444. The molecule has 0 N–H and O–H groups in total. The number of halogens is 1. The second-order valence-electron chi connectivity index (χ2n) is 6.46. The summed E-state index contributed by atoms with van der Waals surface area (Å²) in [5.41, 5.74) is 2.34. The van der Waals surface area contributed by atoms with Crippen molar-refractivity contribution in [2.24, 2.45) is 5.41 Å². The molecule has 0 unspecified atom stereocenters. The van der Waals surface area contributed by atoms with Crippen LogP contribution in [-0.2, 0) is 4.79 Å². The molecule has 116 valence electrons. The number of carbonyl (C=O) groups excluding carboxylic acids is 2. The third-order valence-electron chi connectivity index (χ3n) is 5.08. The molecule has 3 rings (SSSR count). The van der Waals surface area contributed by atoms with E-state index in [1.54, 1.807) is 0 Å². The van der Waals surface area contributed by atoms with Gasteiger partial charge >= 0.3 is 0 Å². The maximum atomic E-state index is 12.8. The summed E-state index contributed by atoms with van der Waals surface area (Å²) in [5.74, 6) is 0.0782. The van der Waals surface area contributed by atoms with E-state index in [0.717, 1.165) is 42.5 Å². The Balaban J connectivity index is 1.86. The van der Waals surface area contributed by atoms with Crippen LogP contribution in [0.15, 0.2) is 30.3 Å². The van der Waals surface area contributed by atoms with Gasteiger partial charge in [-0.2, -0.15) is 0 Å². The summed E-state index contributed by atoms with van der Waals surface area (Å²) in [4.78, 5) is 26.3. The van der Waals surface area contributed by atoms with E-state index in [-0.39, 0.29) is 17.2 Å². The highest BCUT2D eigenvalue weighted by molar-refractivity contribution is 6.64. The maximum absolute atomic E-state index is 12.8. The highest BCUT2D eigenvalue weighted by atomic mass is 35.5. The van der Waals surface area contributed by atoms with Crippen LogP contribution in [-0.4, -0.2) is 22.1 Å². The summed E-state index contributed by atoms with van der Waals surface area (Å²) in [6.07, 6.45) is 5.09. The van der Waals surface area contributed by atoms with Crippen molar-refractivity contribution in [1.82, 2.24) is 4.90 Å². The summed E-state index contributed by atoms with van der Waals surface area (Å²) in [5, 5.41) is -0.256. The summed E-state index contributed by atoms with van der Waals surface area (Å²) in [6, 6.07) is 7.89. The Hall–Kier alpha value is -1.61. The molecule has 1 aromatic rings. The molecule has 1 heterocycles. The molecule has 0 aromatic heterocycles. The molecule has 0 spiro atoms. The van der Waals surface area contributed by atoms with Crippen LogP contribution in [0.5, 0.6) is 0 Å². The second-order valence-corrected chi connectivity index (χ2v) is 6.80. The Kier molecular flexibility index (Phi) is 3.85. The van der Waals surface area contributed by atoms with Gasteiger partial charge in [-0.3, -0.25) is 9.59 Å². The molecular weight excluding hydrogens is 298 g/mol. The zero-order valence-corrected chi connectivity index (χ0v) is 13.7. The average Bonchev–Trinajstić information content (AvgIpc) is 2.81. The highest BCUT2D eigenvalue weighted by Gasteiger charge is 2.42. The molecule has 2 aliphatic rings. The minimum Gasteiger partial charge on any atom is -0.305 e. The summed E-state index contributed by atoms with van der Waals surface area (Å²) < 4.78 is 0. The van der Waals surface area contributed by atoms with Gasteiger partial charge in [-0.05, 0) is 50.3 Å². The Morgan fingerprint density at radius 2 is 1.86 bits per heavy atom. The van der Waals surface area contributed by atoms with Gasteiger partial charge in [0.15, 0.2) is 0 Å². The quantitative estimate of drug-likeness (QED) is 0.766. The molecule has 1 amide bonds. The monoisotopic (exact) mass is 317 g/mol. The van der Waals surface area contributed by atoms with E-state index in [9.17, 15) is 9.59 Å². The van der Waals surface area contributed by atoms with E-state index in [0.29, 0.717) is 0 Å². The molecule has 1 fully saturated rings. The zero-order chi connectivity index (χ0) is 15.9. The fourth-order valence-corrected chi connectivity index (χ4v) is 3.80. The first-order chi connectivity index (χ1) is 10.5. The first-order valence-electron chi connectivity index (χ1n) is 7.77. The molecule has 0 saturated heterocycles. The molecule has 0 atom stereocenters. The first-order valence-corrected chi connectivity index (χ1v) is 8.15. The Bertz CT molecular complexity index is 657. The SMILES string of the molecule is CC=C1c2ccccc2C(=O)N1C1CCC(C)(C(=O)Cl)CC1. The van der Waals surface area contributed by atoms with E-state index >= 15 is 0 Å². The van der Waals surface area contributed by atoms with Gasteiger partial charge in [0.1, 0.15) is 0 Å². The molecular formula is C18H20ClNO2. The molecule has 22 heavy (non-hydrogen) atoms. The average molecular weight is 318 g/mol. The van der Waals surface area contributed by atoms with Gasteiger partial charge in [0.05, 0.1) is 0 Å². The predicted molar refractivity (Wildman–Crippen MR) is 87.5 cm³/mol. The van der Waals surface area contributed by atoms with Crippen LogP contribution in [0.2, 0.25) is 0 Å². The number of nitrogens with zero attached hydrogens (tertiary/aromatic N) is 1. The minimum atomic E-state index is -0.441. The van der Waals surface area contributed by atoms with Gasteiger partial charge in [-0.1, -0.05) is 31.2 Å². The van der Waals surface area contributed by atoms with Crippen LogP contribution in [0.25, 0.3) is 5.70 Å². The van der Waals surface area contributed by atoms with Crippen LogP contribution < -0.4 is 0 Å². The van der Waals surface area contributed by atoms with Crippen molar-refractivity contribution in [1.29, 1.82) is 0 Å².